The quantitative estimate of drug-likeness (QED) is 0.185. The molecule has 1 amide bonds. The minimum Gasteiger partial charge on any atom is -0.454 e. The summed E-state index contributed by atoms with van der Waals surface area (Å²) < 4.78 is 10.9. The normalized spacial score (nSPS) is 11.8. The molecule has 6 rings (SSSR count). The zero-order valence-electron chi connectivity index (χ0n) is 23.4. The van der Waals surface area contributed by atoms with Crippen LogP contribution in [0.15, 0.2) is 122 Å². The van der Waals surface area contributed by atoms with Crippen molar-refractivity contribution in [3.8, 4) is 22.6 Å². The molecule has 0 aliphatic carbocycles. The second-order valence-electron chi connectivity index (χ2n) is 10.4. The van der Waals surface area contributed by atoms with E-state index in [4.69, 9.17) is 9.47 Å². The Bertz CT molecular complexity index is 1610. The average molecular weight is 556 g/mol. The number of nitrogens with zero attached hydrogens (tertiary/aromatic N) is 2. The standard InChI is InChI=1S/C36H33N3O3/c40-36(33-16-17-34-35(21-33)42-26-41-34)39(25-30-7-4-19-37-23-30)24-29-10-14-32(15-11-29)31-12-8-28(9-13-31)22-38-20-18-27-5-2-1-3-6-27/h1-17,19,21,23,38H,18,20,22,24-26H2. The topological polar surface area (TPSA) is 63.7 Å². The van der Waals surface area contributed by atoms with Crippen molar-refractivity contribution < 1.29 is 14.3 Å². The fourth-order valence-corrected chi connectivity index (χ4v) is 5.07. The number of nitrogens with one attached hydrogen (secondary N) is 1. The van der Waals surface area contributed by atoms with Gasteiger partial charge in [-0.2, -0.15) is 0 Å². The molecule has 6 heteroatoms. The molecule has 2 heterocycles. The highest BCUT2D eigenvalue weighted by molar-refractivity contribution is 5.95. The van der Waals surface area contributed by atoms with E-state index in [1.165, 1.54) is 16.7 Å². The summed E-state index contributed by atoms with van der Waals surface area (Å²) in [6, 6.07) is 36.9. The van der Waals surface area contributed by atoms with Gasteiger partial charge >= 0.3 is 0 Å². The minimum absolute atomic E-state index is 0.0748. The van der Waals surface area contributed by atoms with E-state index in [9.17, 15) is 4.79 Å². The Balaban J connectivity index is 1.10. The molecule has 210 valence electrons. The molecule has 1 aliphatic rings. The Labute approximate surface area is 246 Å². The first-order chi connectivity index (χ1) is 20.7. The first-order valence-electron chi connectivity index (χ1n) is 14.2. The lowest BCUT2D eigenvalue weighted by atomic mass is 10.0. The average Bonchev–Trinajstić information content (AvgIpc) is 3.52. The molecule has 1 aromatic heterocycles. The van der Waals surface area contributed by atoms with E-state index in [1.807, 2.05) is 23.1 Å². The summed E-state index contributed by atoms with van der Waals surface area (Å²) in [5.41, 5.74) is 7.50. The van der Waals surface area contributed by atoms with Crippen molar-refractivity contribution in [1.82, 2.24) is 15.2 Å². The van der Waals surface area contributed by atoms with Crippen LogP contribution in [0.2, 0.25) is 0 Å². The van der Waals surface area contributed by atoms with Gasteiger partial charge in [-0.25, -0.2) is 0 Å². The number of ether oxygens (including phenoxy) is 2. The first-order valence-corrected chi connectivity index (χ1v) is 14.2. The van der Waals surface area contributed by atoms with Crippen LogP contribution < -0.4 is 14.8 Å². The summed E-state index contributed by atoms with van der Waals surface area (Å²) in [6.07, 6.45) is 4.56. The van der Waals surface area contributed by atoms with Gasteiger partial charge in [-0.05, 0) is 70.6 Å². The van der Waals surface area contributed by atoms with E-state index in [2.05, 4.69) is 83.1 Å². The summed E-state index contributed by atoms with van der Waals surface area (Å²) >= 11 is 0. The van der Waals surface area contributed by atoms with Crippen LogP contribution in [0, 0.1) is 0 Å². The molecule has 0 spiro atoms. The van der Waals surface area contributed by atoms with Crippen molar-refractivity contribution in [2.75, 3.05) is 13.3 Å². The van der Waals surface area contributed by atoms with E-state index in [-0.39, 0.29) is 12.7 Å². The smallest absolute Gasteiger partial charge is 0.254 e. The maximum absolute atomic E-state index is 13.6. The summed E-state index contributed by atoms with van der Waals surface area (Å²) in [5.74, 6) is 1.18. The third-order valence-electron chi connectivity index (χ3n) is 7.38. The number of carbonyl (C=O) groups is 1. The van der Waals surface area contributed by atoms with Crippen LogP contribution in [0.1, 0.15) is 32.6 Å². The molecule has 0 bridgehead atoms. The van der Waals surface area contributed by atoms with E-state index in [1.54, 1.807) is 30.6 Å². The molecule has 0 unspecified atom stereocenters. The van der Waals surface area contributed by atoms with Crippen molar-refractivity contribution in [2.45, 2.75) is 26.1 Å². The van der Waals surface area contributed by atoms with Crippen LogP contribution in [0.5, 0.6) is 11.5 Å². The minimum atomic E-state index is -0.0748. The number of carbonyl (C=O) groups excluding carboxylic acids is 1. The Hall–Kier alpha value is -4.94. The Morgan fingerprint density at radius 1 is 0.714 bits per heavy atom. The zero-order chi connectivity index (χ0) is 28.6. The second-order valence-corrected chi connectivity index (χ2v) is 10.4. The maximum Gasteiger partial charge on any atom is 0.254 e. The number of rotatable bonds is 11. The van der Waals surface area contributed by atoms with E-state index in [0.29, 0.717) is 30.2 Å². The predicted molar refractivity (Wildman–Crippen MR) is 164 cm³/mol. The molecule has 0 atom stereocenters. The van der Waals surface area contributed by atoms with Gasteiger partial charge in [-0.1, -0.05) is 84.9 Å². The number of hydrogen-bond acceptors (Lipinski definition) is 5. The predicted octanol–water partition coefficient (Wildman–Crippen LogP) is 6.65. The summed E-state index contributed by atoms with van der Waals surface area (Å²) in [4.78, 5) is 19.7. The lowest BCUT2D eigenvalue weighted by Crippen LogP contribution is -2.30. The Kier molecular flexibility index (Phi) is 8.53. The van der Waals surface area contributed by atoms with Gasteiger partial charge in [0.2, 0.25) is 6.79 Å². The van der Waals surface area contributed by atoms with Crippen molar-refractivity contribution in [3.05, 3.63) is 149 Å². The molecule has 1 N–H and O–H groups in total. The highest BCUT2D eigenvalue weighted by Gasteiger charge is 2.21. The van der Waals surface area contributed by atoms with Crippen LogP contribution >= 0.6 is 0 Å². The molecule has 1 aliphatic heterocycles. The first kappa shape index (κ1) is 27.2. The van der Waals surface area contributed by atoms with Gasteiger partial charge in [-0.15, -0.1) is 0 Å². The molecular weight excluding hydrogens is 522 g/mol. The fraction of sp³-hybridized carbons (Fsp3) is 0.167. The van der Waals surface area contributed by atoms with Crippen molar-refractivity contribution >= 4 is 5.91 Å². The summed E-state index contributed by atoms with van der Waals surface area (Å²) in [7, 11) is 0. The van der Waals surface area contributed by atoms with Gasteiger partial charge in [0.25, 0.3) is 5.91 Å². The van der Waals surface area contributed by atoms with Gasteiger partial charge < -0.3 is 19.7 Å². The number of fused-ring (bicyclic) bond motifs is 1. The lowest BCUT2D eigenvalue weighted by Gasteiger charge is -2.23. The fourth-order valence-electron chi connectivity index (χ4n) is 5.07. The lowest BCUT2D eigenvalue weighted by molar-refractivity contribution is 0.0729. The zero-order valence-corrected chi connectivity index (χ0v) is 23.4. The highest BCUT2D eigenvalue weighted by Crippen LogP contribution is 2.33. The van der Waals surface area contributed by atoms with E-state index < -0.39 is 0 Å². The van der Waals surface area contributed by atoms with Gasteiger partial charge in [0, 0.05) is 37.6 Å². The molecule has 0 fully saturated rings. The number of benzene rings is 4. The third kappa shape index (κ3) is 6.85. The van der Waals surface area contributed by atoms with E-state index >= 15 is 0 Å². The van der Waals surface area contributed by atoms with Crippen LogP contribution in [-0.2, 0) is 26.1 Å². The van der Waals surface area contributed by atoms with Gasteiger partial charge in [0.1, 0.15) is 0 Å². The van der Waals surface area contributed by atoms with Crippen molar-refractivity contribution in [1.29, 1.82) is 0 Å². The van der Waals surface area contributed by atoms with Crippen LogP contribution in [0.25, 0.3) is 11.1 Å². The van der Waals surface area contributed by atoms with Gasteiger partial charge in [0.05, 0.1) is 0 Å². The number of hydrogen-bond donors (Lipinski definition) is 1. The van der Waals surface area contributed by atoms with E-state index in [0.717, 1.165) is 36.2 Å². The molecule has 6 nitrogen and oxygen atoms in total. The van der Waals surface area contributed by atoms with Crippen LogP contribution in [0.3, 0.4) is 0 Å². The maximum atomic E-state index is 13.6. The van der Waals surface area contributed by atoms with Crippen molar-refractivity contribution in [3.63, 3.8) is 0 Å². The summed E-state index contributed by atoms with van der Waals surface area (Å²) in [6.45, 7) is 2.88. The summed E-state index contributed by atoms with van der Waals surface area (Å²) in [5, 5.41) is 3.54. The number of pyridine rings is 1. The molecule has 5 aromatic rings. The SMILES string of the molecule is O=C(c1ccc2c(c1)OCO2)N(Cc1ccc(-c2ccc(CNCCc3ccccc3)cc2)cc1)Cc1cccnc1. The number of amides is 1. The van der Waals surface area contributed by atoms with Gasteiger partial charge in [0.15, 0.2) is 11.5 Å². The molecule has 42 heavy (non-hydrogen) atoms. The molecule has 0 radical (unpaired) electrons. The molecular formula is C36H33N3O3. The third-order valence-corrected chi connectivity index (χ3v) is 7.38. The molecule has 0 saturated carbocycles. The molecule has 4 aromatic carbocycles. The Morgan fingerprint density at radius 3 is 2.14 bits per heavy atom. The molecule has 0 saturated heterocycles. The monoisotopic (exact) mass is 555 g/mol. The van der Waals surface area contributed by atoms with Crippen molar-refractivity contribution in [2.24, 2.45) is 0 Å². The number of aromatic nitrogens is 1. The van der Waals surface area contributed by atoms with Crippen LogP contribution in [-0.4, -0.2) is 29.1 Å². The largest absolute Gasteiger partial charge is 0.454 e. The highest BCUT2D eigenvalue weighted by atomic mass is 16.7. The second kappa shape index (κ2) is 13.1. The van der Waals surface area contributed by atoms with Gasteiger partial charge in [-0.3, -0.25) is 9.78 Å². The Morgan fingerprint density at radius 2 is 1.40 bits per heavy atom. The van der Waals surface area contributed by atoms with Crippen LogP contribution in [0.4, 0.5) is 0 Å².